The smallest absolute Gasteiger partial charge is 0.343 e. The van der Waals surface area contributed by atoms with Crippen LogP contribution in [0.2, 0.25) is 5.02 Å². The lowest BCUT2D eigenvalue weighted by Crippen LogP contribution is -2.07. The molecular formula is C12H3BrClF3N4. The van der Waals surface area contributed by atoms with Gasteiger partial charge in [-0.3, -0.25) is 0 Å². The molecule has 0 unspecified atom stereocenters. The number of hydrogen-bond donors (Lipinski definition) is 1. The number of nitriles is 3. The first kappa shape index (κ1) is 16.8. The Labute approximate surface area is 130 Å². The van der Waals surface area contributed by atoms with E-state index in [9.17, 15) is 13.2 Å². The number of anilines is 1. The highest BCUT2D eigenvalue weighted by molar-refractivity contribution is 9.10. The summed E-state index contributed by atoms with van der Waals surface area (Å²) in [6.07, 6.45) is -4.58. The molecule has 21 heavy (non-hydrogen) atoms. The lowest BCUT2D eigenvalue weighted by atomic mass is 10.2. The lowest BCUT2D eigenvalue weighted by molar-refractivity contribution is -0.137. The van der Waals surface area contributed by atoms with Crippen LogP contribution in [-0.4, -0.2) is 0 Å². The molecule has 1 aromatic carbocycles. The topological polar surface area (TPSA) is 83.4 Å². The minimum Gasteiger partial charge on any atom is -0.343 e. The van der Waals surface area contributed by atoms with E-state index in [1.54, 1.807) is 6.07 Å². The SMILES string of the molecule is N#CC(C#N)=C(C#N)Nc1c(Cl)cc(C(F)(F)F)cc1Br. The second kappa shape index (κ2) is 6.49. The number of hydrogen-bond acceptors (Lipinski definition) is 4. The summed E-state index contributed by atoms with van der Waals surface area (Å²) < 4.78 is 37.7. The number of rotatable bonds is 2. The first-order valence-electron chi connectivity index (χ1n) is 5.02. The number of alkyl halides is 3. The fourth-order valence-electron chi connectivity index (χ4n) is 1.26. The molecule has 0 aliphatic rings. The van der Waals surface area contributed by atoms with Crippen molar-refractivity contribution in [3.63, 3.8) is 0 Å². The number of halogens is 5. The number of nitrogens with zero attached hydrogens (tertiary/aromatic N) is 3. The van der Waals surface area contributed by atoms with Crippen LogP contribution in [-0.2, 0) is 6.18 Å². The van der Waals surface area contributed by atoms with Crippen molar-refractivity contribution in [3.8, 4) is 18.2 Å². The van der Waals surface area contributed by atoms with Crippen LogP contribution in [0.4, 0.5) is 18.9 Å². The van der Waals surface area contributed by atoms with Crippen LogP contribution in [0.15, 0.2) is 27.9 Å². The van der Waals surface area contributed by atoms with Crippen LogP contribution in [0.1, 0.15) is 5.56 Å². The highest BCUT2D eigenvalue weighted by Gasteiger charge is 2.32. The second-order valence-corrected chi connectivity index (χ2v) is 4.78. The van der Waals surface area contributed by atoms with Gasteiger partial charge in [-0.05, 0) is 28.1 Å². The molecule has 0 heterocycles. The molecule has 4 nitrogen and oxygen atoms in total. The zero-order valence-electron chi connectivity index (χ0n) is 9.89. The van der Waals surface area contributed by atoms with Crippen LogP contribution >= 0.6 is 27.5 Å². The maximum atomic E-state index is 12.6. The van der Waals surface area contributed by atoms with Gasteiger partial charge in [-0.25, -0.2) is 0 Å². The molecule has 0 saturated heterocycles. The fourth-order valence-corrected chi connectivity index (χ4v) is 2.20. The predicted octanol–water partition coefficient (Wildman–Crippen LogP) is 4.36. The molecule has 1 aromatic rings. The van der Waals surface area contributed by atoms with E-state index in [1.165, 1.54) is 12.1 Å². The number of allylic oxidation sites excluding steroid dienone is 2. The standard InChI is InChI=1S/C12H3BrClF3N4/c13-8-1-7(12(15,16)17)2-9(14)11(8)21-10(5-20)6(3-18)4-19/h1-2,21H. The van der Waals surface area contributed by atoms with Crippen LogP contribution in [0, 0.1) is 34.0 Å². The van der Waals surface area contributed by atoms with E-state index < -0.39 is 23.0 Å². The molecule has 0 radical (unpaired) electrons. The molecule has 0 aromatic heterocycles. The largest absolute Gasteiger partial charge is 0.416 e. The molecule has 106 valence electrons. The van der Waals surface area contributed by atoms with Gasteiger partial charge in [0.1, 0.15) is 23.9 Å². The summed E-state index contributed by atoms with van der Waals surface area (Å²) >= 11 is 8.64. The van der Waals surface area contributed by atoms with Crippen molar-refractivity contribution in [2.24, 2.45) is 0 Å². The summed E-state index contributed by atoms with van der Waals surface area (Å²) in [5.74, 6) is 0. The van der Waals surface area contributed by atoms with Crippen molar-refractivity contribution in [2.45, 2.75) is 6.18 Å². The zero-order valence-corrected chi connectivity index (χ0v) is 12.2. The third-order valence-electron chi connectivity index (χ3n) is 2.20. The molecule has 0 bridgehead atoms. The Morgan fingerprint density at radius 2 is 1.71 bits per heavy atom. The van der Waals surface area contributed by atoms with E-state index in [2.05, 4.69) is 21.2 Å². The Hall–Kier alpha value is -2.21. The third kappa shape index (κ3) is 3.88. The Morgan fingerprint density at radius 1 is 1.14 bits per heavy atom. The summed E-state index contributed by atoms with van der Waals surface area (Å²) in [5, 5.41) is 28.3. The zero-order chi connectivity index (χ0) is 16.2. The summed E-state index contributed by atoms with van der Waals surface area (Å²) in [5.41, 5.74) is -1.96. The van der Waals surface area contributed by atoms with Gasteiger partial charge in [-0.1, -0.05) is 11.6 Å². The highest BCUT2D eigenvalue weighted by Crippen LogP contribution is 2.39. The first-order valence-corrected chi connectivity index (χ1v) is 6.19. The van der Waals surface area contributed by atoms with Gasteiger partial charge in [-0.2, -0.15) is 29.0 Å². The Bertz CT molecular complexity index is 696. The van der Waals surface area contributed by atoms with E-state index in [0.29, 0.717) is 6.07 Å². The molecule has 1 rings (SSSR count). The minimum absolute atomic E-state index is 0.0517. The molecule has 0 amide bonds. The fraction of sp³-hybridized carbons (Fsp3) is 0.0833. The van der Waals surface area contributed by atoms with Gasteiger partial charge in [-0.15, -0.1) is 0 Å². The molecule has 1 N–H and O–H groups in total. The van der Waals surface area contributed by atoms with Crippen LogP contribution in [0.5, 0.6) is 0 Å². The van der Waals surface area contributed by atoms with Crippen LogP contribution < -0.4 is 5.32 Å². The van der Waals surface area contributed by atoms with Gasteiger partial charge in [0.15, 0.2) is 5.57 Å². The highest BCUT2D eigenvalue weighted by atomic mass is 79.9. The molecule has 0 aliphatic carbocycles. The Balaban J connectivity index is 3.37. The summed E-state index contributed by atoms with van der Waals surface area (Å²) in [6, 6.07) is 5.99. The normalized spacial score (nSPS) is 10.0. The van der Waals surface area contributed by atoms with Gasteiger partial charge in [0.05, 0.1) is 16.3 Å². The van der Waals surface area contributed by atoms with Gasteiger partial charge in [0.25, 0.3) is 0 Å². The lowest BCUT2D eigenvalue weighted by Gasteiger charge is -2.13. The maximum Gasteiger partial charge on any atom is 0.416 e. The van der Waals surface area contributed by atoms with Gasteiger partial charge >= 0.3 is 6.18 Å². The monoisotopic (exact) mass is 374 g/mol. The summed E-state index contributed by atoms with van der Waals surface area (Å²) in [6.45, 7) is 0. The van der Waals surface area contributed by atoms with E-state index in [0.717, 1.165) is 6.07 Å². The molecule has 0 saturated carbocycles. The average molecular weight is 376 g/mol. The van der Waals surface area contributed by atoms with Crippen molar-refractivity contribution in [1.29, 1.82) is 15.8 Å². The molecule has 0 spiro atoms. The Morgan fingerprint density at radius 3 is 2.10 bits per heavy atom. The number of benzene rings is 1. The van der Waals surface area contributed by atoms with Crippen LogP contribution in [0.3, 0.4) is 0 Å². The number of nitrogens with one attached hydrogen (secondary N) is 1. The quantitative estimate of drug-likeness (QED) is 0.779. The van der Waals surface area contributed by atoms with Crippen molar-refractivity contribution in [2.75, 3.05) is 5.32 Å². The van der Waals surface area contributed by atoms with Crippen LogP contribution in [0.25, 0.3) is 0 Å². The molecule has 0 atom stereocenters. The predicted molar refractivity (Wildman–Crippen MR) is 71.6 cm³/mol. The van der Waals surface area contributed by atoms with Gasteiger partial charge in [0.2, 0.25) is 0 Å². The average Bonchev–Trinajstić information content (AvgIpc) is 2.40. The van der Waals surface area contributed by atoms with E-state index in [1.807, 2.05) is 0 Å². The van der Waals surface area contributed by atoms with E-state index in [4.69, 9.17) is 27.4 Å². The van der Waals surface area contributed by atoms with Crippen molar-refractivity contribution < 1.29 is 13.2 Å². The maximum absolute atomic E-state index is 12.6. The van der Waals surface area contributed by atoms with Gasteiger partial charge in [0, 0.05) is 4.47 Å². The summed E-state index contributed by atoms with van der Waals surface area (Å²) in [7, 11) is 0. The molecule has 9 heteroatoms. The minimum atomic E-state index is -4.58. The van der Waals surface area contributed by atoms with Crippen molar-refractivity contribution >= 4 is 33.2 Å². The first-order chi connectivity index (χ1) is 9.74. The molecular weight excluding hydrogens is 373 g/mol. The van der Waals surface area contributed by atoms with Crippen molar-refractivity contribution in [1.82, 2.24) is 0 Å². The van der Waals surface area contributed by atoms with Crippen molar-refractivity contribution in [3.05, 3.63) is 38.5 Å². The van der Waals surface area contributed by atoms with E-state index in [-0.39, 0.29) is 15.2 Å². The summed E-state index contributed by atoms with van der Waals surface area (Å²) in [4.78, 5) is 0. The second-order valence-electron chi connectivity index (χ2n) is 3.52. The van der Waals surface area contributed by atoms with Gasteiger partial charge < -0.3 is 5.32 Å². The molecule has 0 fully saturated rings. The third-order valence-corrected chi connectivity index (χ3v) is 3.13. The molecule has 0 aliphatic heterocycles. The Kier molecular flexibility index (Phi) is 5.21. The van der Waals surface area contributed by atoms with E-state index >= 15 is 0 Å².